The second-order valence-electron chi connectivity index (χ2n) is 5.94. The first kappa shape index (κ1) is 19.4. The summed E-state index contributed by atoms with van der Waals surface area (Å²) >= 11 is 0. The Morgan fingerprint density at radius 2 is 1.62 bits per heavy atom. The lowest BCUT2D eigenvalue weighted by atomic mass is 9.93. The van der Waals surface area contributed by atoms with Gasteiger partial charge in [-0.2, -0.15) is 0 Å². The lowest BCUT2D eigenvalue weighted by Crippen LogP contribution is -2.61. The molecule has 5 nitrogen and oxygen atoms in total. The Hall–Kier alpha value is -2.92. The van der Waals surface area contributed by atoms with Gasteiger partial charge in [-0.05, 0) is 18.1 Å². The molecule has 0 unspecified atom stereocenters. The highest BCUT2D eigenvalue weighted by molar-refractivity contribution is 6.07. The molecule has 0 aliphatic rings. The molecule has 5 heteroatoms. The van der Waals surface area contributed by atoms with E-state index in [9.17, 15) is 9.59 Å². The topological polar surface area (TPSA) is 81.4 Å². The molecule has 0 radical (unpaired) electrons. The molecule has 3 N–H and O–H groups in total. The van der Waals surface area contributed by atoms with Crippen LogP contribution in [0.15, 0.2) is 72.8 Å². The molecule has 136 valence electrons. The summed E-state index contributed by atoms with van der Waals surface area (Å²) < 4.78 is 5.40. The number of nitrogens with two attached hydrogens (primary N) is 1. The third kappa shape index (κ3) is 5.04. The van der Waals surface area contributed by atoms with Gasteiger partial charge < -0.3 is 10.5 Å². The maximum Gasteiger partial charge on any atom is 0.336 e. The number of rotatable bonds is 9. The van der Waals surface area contributed by atoms with Gasteiger partial charge in [0.25, 0.3) is 0 Å². The summed E-state index contributed by atoms with van der Waals surface area (Å²) in [5.74, 6) is -1.44. The molecule has 0 fully saturated rings. The van der Waals surface area contributed by atoms with Crippen molar-refractivity contribution in [1.29, 1.82) is 0 Å². The summed E-state index contributed by atoms with van der Waals surface area (Å²) in [5.41, 5.74) is 5.78. The Labute approximate surface area is 153 Å². The van der Waals surface area contributed by atoms with Crippen molar-refractivity contribution >= 4 is 11.9 Å². The van der Waals surface area contributed by atoms with Crippen LogP contribution < -0.4 is 11.1 Å². The lowest BCUT2D eigenvalue weighted by molar-refractivity contribution is -0.156. The molecule has 0 saturated carbocycles. The number of carbonyl (C=O) groups is 2. The first-order valence-corrected chi connectivity index (χ1v) is 8.49. The van der Waals surface area contributed by atoms with Crippen LogP contribution in [0.3, 0.4) is 0 Å². The molecule has 1 amide bonds. The Morgan fingerprint density at radius 1 is 1.04 bits per heavy atom. The van der Waals surface area contributed by atoms with Crippen LogP contribution in [0, 0.1) is 0 Å². The fraction of sp³-hybridized carbons (Fsp3) is 0.238. The maximum absolute atomic E-state index is 12.8. The number of esters is 1. The number of carbonyl (C=O) groups excluding carboxylic acids is 2. The van der Waals surface area contributed by atoms with E-state index in [-0.39, 0.29) is 13.0 Å². The first-order valence-electron chi connectivity index (χ1n) is 8.49. The van der Waals surface area contributed by atoms with Gasteiger partial charge in [0.2, 0.25) is 5.91 Å². The number of ether oxygens (including phenoxy) is 1. The molecule has 0 heterocycles. The third-order valence-electron chi connectivity index (χ3n) is 4.08. The summed E-state index contributed by atoms with van der Waals surface area (Å²) in [4.78, 5) is 25.0. The van der Waals surface area contributed by atoms with Crippen LogP contribution >= 0.6 is 0 Å². The molecule has 0 aromatic heterocycles. The van der Waals surface area contributed by atoms with Crippen molar-refractivity contribution in [2.45, 2.75) is 32.0 Å². The summed E-state index contributed by atoms with van der Waals surface area (Å²) in [6.07, 6.45) is 3.62. The van der Waals surface area contributed by atoms with Gasteiger partial charge in [-0.3, -0.25) is 10.1 Å². The number of primary amides is 1. The van der Waals surface area contributed by atoms with Crippen LogP contribution in [-0.2, 0) is 27.5 Å². The average Bonchev–Trinajstić information content (AvgIpc) is 2.68. The van der Waals surface area contributed by atoms with Crippen LogP contribution in [0.5, 0.6) is 0 Å². The van der Waals surface area contributed by atoms with Crippen LogP contribution in [0.4, 0.5) is 0 Å². The minimum absolute atomic E-state index is 0.0809. The molecule has 2 aromatic carbocycles. The quantitative estimate of drug-likeness (QED) is 0.413. The van der Waals surface area contributed by atoms with Gasteiger partial charge in [-0.25, -0.2) is 4.79 Å². The van der Waals surface area contributed by atoms with Crippen LogP contribution in [0.1, 0.15) is 24.5 Å². The van der Waals surface area contributed by atoms with E-state index in [1.54, 1.807) is 12.2 Å². The van der Waals surface area contributed by atoms with E-state index >= 15 is 0 Å². The molecular formula is C21H24N2O3. The molecule has 0 saturated heterocycles. The van der Waals surface area contributed by atoms with Gasteiger partial charge in [-0.15, -0.1) is 0 Å². The third-order valence-corrected chi connectivity index (χ3v) is 4.08. The Bertz CT molecular complexity index is 744. The van der Waals surface area contributed by atoms with E-state index in [1.165, 1.54) is 0 Å². The molecule has 26 heavy (non-hydrogen) atoms. The van der Waals surface area contributed by atoms with E-state index in [4.69, 9.17) is 10.5 Å². The molecule has 0 aliphatic heterocycles. The smallest absolute Gasteiger partial charge is 0.336 e. The number of nitrogens with one attached hydrogen (secondary N) is 1. The molecule has 0 spiro atoms. The fourth-order valence-electron chi connectivity index (χ4n) is 2.51. The first-order chi connectivity index (χ1) is 12.6. The molecule has 2 aromatic rings. The van der Waals surface area contributed by atoms with Crippen molar-refractivity contribution in [3.63, 3.8) is 0 Å². The monoisotopic (exact) mass is 352 g/mol. The normalized spacial score (nSPS) is 13.3. The SMILES string of the molecule is C/C=C/C[C@@](NCc1ccccc1)(C(N)=O)C(=O)OCc1ccccc1. The number of allylic oxidation sites excluding steroid dienone is 1. The van der Waals surface area contributed by atoms with E-state index in [2.05, 4.69) is 5.32 Å². The van der Waals surface area contributed by atoms with Gasteiger partial charge in [0.15, 0.2) is 5.54 Å². The summed E-state index contributed by atoms with van der Waals surface area (Å²) in [6.45, 7) is 2.22. The van der Waals surface area contributed by atoms with Crippen molar-refractivity contribution in [3.05, 3.63) is 83.9 Å². The summed E-state index contributed by atoms with van der Waals surface area (Å²) in [6, 6.07) is 18.8. The average molecular weight is 352 g/mol. The molecule has 0 aliphatic carbocycles. The molecule has 0 bridgehead atoms. The van der Waals surface area contributed by atoms with Gasteiger partial charge in [0.1, 0.15) is 6.61 Å². The molecule has 2 rings (SSSR count). The lowest BCUT2D eigenvalue weighted by Gasteiger charge is -2.28. The van der Waals surface area contributed by atoms with E-state index in [0.29, 0.717) is 6.54 Å². The maximum atomic E-state index is 12.8. The van der Waals surface area contributed by atoms with Gasteiger partial charge in [0, 0.05) is 13.0 Å². The second kappa shape index (κ2) is 9.53. The predicted molar refractivity (Wildman–Crippen MR) is 101 cm³/mol. The van der Waals surface area contributed by atoms with Crippen LogP contribution in [-0.4, -0.2) is 17.4 Å². The Morgan fingerprint density at radius 3 is 2.15 bits per heavy atom. The van der Waals surface area contributed by atoms with Crippen LogP contribution in [0.25, 0.3) is 0 Å². The minimum Gasteiger partial charge on any atom is -0.459 e. The van der Waals surface area contributed by atoms with Crippen LogP contribution in [0.2, 0.25) is 0 Å². The van der Waals surface area contributed by atoms with Gasteiger partial charge >= 0.3 is 5.97 Å². The zero-order valence-corrected chi connectivity index (χ0v) is 14.9. The number of amides is 1. The second-order valence-corrected chi connectivity index (χ2v) is 5.94. The van der Waals surface area contributed by atoms with Crippen molar-refractivity contribution in [1.82, 2.24) is 5.32 Å². The fourth-order valence-corrected chi connectivity index (χ4v) is 2.51. The largest absolute Gasteiger partial charge is 0.459 e. The predicted octanol–water partition coefficient (Wildman–Crippen LogP) is 2.71. The number of hydrogen-bond donors (Lipinski definition) is 2. The Kier molecular flexibility index (Phi) is 7.12. The van der Waals surface area contributed by atoms with Crippen molar-refractivity contribution in [2.75, 3.05) is 0 Å². The zero-order chi connectivity index (χ0) is 18.8. The van der Waals surface area contributed by atoms with Gasteiger partial charge in [0.05, 0.1) is 0 Å². The number of hydrogen-bond acceptors (Lipinski definition) is 4. The molecular weight excluding hydrogens is 328 g/mol. The van der Waals surface area contributed by atoms with Crippen molar-refractivity contribution in [3.8, 4) is 0 Å². The van der Waals surface area contributed by atoms with Crippen molar-refractivity contribution < 1.29 is 14.3 Å². The van der Waals surface area contributed by atoms with E-state index in [1.807, 2.05) is 67.6 Å². The highest BCUT2D eigenvalue weighted by atomic mass is 16.5. The zero-order valence-electron chi connectivity index (χ0n) is 14.9. The Balaban J connectivity index is 2.17. The number of benzene rings is 2. The molecule has 1 atom stereocenters. The minimum atomic E-state index is -1.61. The standard InChI is InChI=1S/C21H24N2O3/c1-2-3-14-21(19(22)24,23-15-17-10-6-4-7-11-17)20(25)26-16-18-12-8-5-9-13-18/h2-13,23H,14-16H2,1H3,(H2,22,24)/b3-2+/t21-/m1/s1. The summed E-state index contributed by atoms with van der Waals surface area (Å²) in [5, 5.41) is 3.02. The summed E-state index contributed by atoms with van der Waals surface area (Å²) in [7, 11) is 0. The van der Waals surface area contributed by atoms with E-state index < -0.39 is 17.4 Å². The van der Waals surface area contributed by atoms with E-state index in [0.717, 1.165) is 11.1 Å². The highest BCUT2D eigenvalue weighted by Gasteiger charge is 2.44. The highest BCUT2D eigenvalue weighted by Crippen LogP contribution is 2.17. The van der Waals surface area contributed by atoms with Gasteiger partial charge in [-0.1, -0.05) is 72.8 Å². The van der Waals surface area contributed by atoms with Crippen molar-refractivity contribution in [2.24, 2.45) is 5.73 Å².